The van der Waals surface area contributed by atoms with Gasteiger partial charge >= 0.3 is 11.7 Å². The molecule has 3 rings (SSSR count). The number of anilines is 2. The van der Waals surface area contributed by atoms with Crippen LogP contribution in [0.3, 0.4) is 0 Å². The van der Waals surface area contributed by atoms with E-state index in [-0.39, 0.29) is 4.90 Å². The summed E-state index contributed by atoms with van der Waals surface area (Å²) in [6, 6.07) is 15.1. The SMILES string of the molecule is O=C(Nc1ccccc1)Nc1nc(=O)n(S(O)(O)c2ccccc2)cc1F. The van der Waals surface area contributed by atoms with Gasteiger partial charge in [0, 0.05) is 5.69 Å². The third-order valence-corrected chi connectivity index (χ3v) is 5.16. The maximum atomic E-state index is 14.3. The smallest absolute Gasteiger partial charge is 0.308 e. The zero-order valence-electron chi connectivity index (χ0n) is 13.7. The lowest BCUT2D eigenvalue weighted by atomic mass is 10.3. The Kier molecular flexibility index (Phi) is 5.21. The molecule has 0 saturated carbocycles. The summed E-state index contributed by atoms with van der Waals surface area (Å²) in [5.74, 6) is -1.73. The van der Waals surface area contributed by atoms with Crippen LogP contribution < -0.4 is 16.3 Å². The normalized spacial score (nSPS) is 11.7. The quantitative estimate of drug-likeness (QED) is 0.543. The van der Waals surface area contributed by atoms with Crippen LogP contribution in [0.15, 0.2) is 76.6 Å². The van der Waals surface area contributed by atoms with E-state index in [9.17, 15) is 23.1 Å². The first-order chi connectivity index (χ1) is 12.9. The molecule has 0 fully saturated rings. The van der Waals surface area contributed by atoms with Crippen molar-refractivity contribution in [3.05, 3.63) is 83.2 Å². The van der Waals surface area contributed by atoms with E-state index in [0.29, 0.717) is 15.9 Å². The Balaban J connectivity index is 1.85. The van der Waals surface area contributed by atoms with Gasteiger partial charge in [-0.2, -0.15) is 8.96 Å². The molecule has 140 valence electrons. The van der Waals surface area contributed by atoms with Gasteiger partial charge in [0.2, 0.25) is 0 Å². The number of nitrogens with zero attached hydrogens (tertiary/aromatic N) is 2. The third kappa shape index (κ3) is 4.14. The standard InChI is InChI=1S/C17H15FN4O4S/c18-14-11-22(27(25,26)13-9-5-2-6-10-13)17(24)21-15(14)20-16(23)19-12-7-3-1-4-8-12/h1-11,25-26H,(H2,19,20,21,23,24). The number of aromatic nitrogens is 2. The van der Waals surface area contributed by atoms with Crippen LogP contribution in [0.2, 0.25) is 0 Å². The molecule has 2 amide bonds. The van der Waals surface area contributed by atoms with Crippen molar-refractivity contribution in [3.63, 3.8) is 0 Å². The predicted octanol–water partition coefficient (Wildman–Crippen LogP) is 3.60. The lowest BCUT2D eigenvalue weighted by Gasteiger charge is -2.33. The first kappa shape index (κ1) is 18.6. The number of benzene rings is 2. The number of carbonyl (C=O) groups is 1. The monoisotopic (exact) mass is 390 g/mol. The molecule has 4 N–H and O–H groups in total. The number of carbonyl (C=O) groups excluding carboxylic acids is 1. The van der Waals surface area contributed by atoms with Gasteiger partial charge in [0.05, 0.1) is 11.1 Å². The fourth-order valence-corrected chi connectivity index (χ4v) is 3.44. The van der Waals surface area contributed by atoms with Crippen LogP contribution in [0.4, 0.5) is 20.7 Å². The highest BCUT2D eigenvalue weighted by atomic mass is 32.3. The molecule has 0 aliphatic carbocycles. The summed E-state index contributed by atoms with van der Waals surface area (Å²) in [7, 11) is -3.81. The van der Waals surface area contributed by atoms with Crippen LogP contribution >= 0.6 is 10.8 Å². The van der Waals surface area contributed by atoms with Crippen molar-refractivity contribution < 1.29 is 18.3 Å². The van der Waals surface area contributed by atoms with E-state index in [4.69, 9.17) is 0 Å². The highest BCUT2D eigenvalue weighted by molar-refractivity contribution is 8.23. The lowest BCUT2D eigenvalue weighted by molar-refractivity contribution is 0.262. The molecule has 0 aliphatic rings. The number of amides is 2. The van der Waals surface area contributed by atoms with E-state index in [1.807, 2.05) is 0 Å². The van der Waals surface area contributed by atoms with Crippen molar-refractivity contribution in [2.45, 2.75) is 4.90 Å². The van der Waals surface area contributed by atoms with E-state index >= 15 is 0 Å². The summed E-state index contributed by atoms with van der Waals surface area (Å²) in [4.78, 5) is 27.5. The molecule has 0 spiro atoms. The van der Waals surface area contributed by atoms with Crippen molar-refractivity contribution in [1.29, 1.82) is 0 Å². The number of hydrogen-bond acceptors (Lipinski definition) is 5. The Labute approximate surface area is 154 Å². The van der Waals surface area contributed by atoms with E-state index in [1.165, 1.54) is 12.1 Å². The van der Waals surface area contributed by atoms with E-state index in [2.05, 4.69) is 15.6 Å². The fourth-order valence-electron chi connectivity index (χ4n) is 2.20. The van der Waals surface area contributed by atoms with Gasteiger partial charge in [-0.25, -0.2) is 14.0 Å². The van der Waals surface area contributed by atoms with Gasteiger partial charge in [-0.05, 0) is 24.3 Å². The minimum atomic E-state index is -3.81. The highest BCUT2D eigenvalue weighted by Crippen LogP contribution is 2.47. The molecule has 1 aromatic heterocycles. The van der Waals surface area contributed by atoms with Gasteiger partial charge in [0.1, 0.15) is 0 Å². The van der Waals surface area contributed by atoms with Gasteiger partial charge in [0.15, 0.2) is 11.6 Å². The second-order valence-electron chi connectivity index (χ2n) is 5.32. The summed E-state index contributed by atoms with van der Waals surface area (Å²) in [6.45, 7) is 0. The summed E-state index contributed by atoms with van der Waals surface area (Å²) in [5.41, 5.74) is -0.669. The maximum Gasteiger partial charge on any atom is 0.368 e. The minimum absolute atomic E-state index is 0.0239. The molecule has 1 heterocycles. The minimum Gasteiger partial charge on any atom is -0.308 e. The zero-order valence-corrected chi connectivity index (χ0v) is 14.6. The third-order valence-electron chi connectivity index (χ3n) is 3.45. The Bertz CT molecular complexity index is 1010. The van der Waals surface area contributed by atoms with Crippen LogP contribution in [-0.2, 0) is 0 Å². The lowest BCUT2D eigenvalue weighted by Crippen LogP contribution is -2.30. The molecule has 0 radical (unpaired) electrons. The van der Waals surface area contributed by atoms with Gasteiger partial charge in [0.25, 0.3) is 0 Å². The number of nitrogens with one attached hydrogen (secondary N) is 2. The Morgan fingerprint density at radius 2 is 1.59 bits per heavy atom. The molecule has 8 nitrogen and oxygen atoms in total. The molecule has 27 heavy (non-hydrogen) atoms. The van der Waals surface area contributed by atoms with Crippen LogP contribution in [0.25, 0.3) is 0 Å². The predicted molar refractivity (Wildman–Crippen MR) is 100 cm³/mol. The zero-order chi connectivity index (χ0) is 19.4. The van der Waals surface area contributed by atoms with Gasteiger partial charge < -0.3 is 5.32 Å². The van der Waals surface area contributed by atoms with E-state index in [0.717, 1.165) is 0 Å². The Morgan fingerprint density at radius 1 is 1.00 bits per heavy atom. The van der Waals surface area contributed by atoms with Crippen molar-refractivity contribution in [2.24, 2.45) is 0 Å². The van der Waals surface area contributed by atoms with Crippen LogP contribution in [0.1, 0.15) is 0 Å². The van der Waals surface area contributed by atoms with Crippen molar-refractivity contribution in [2.75, 3.05) is 10.6 Å². The van der Waals surface area contributed by atoms with Crippen LogP contribution in [0, 0.1) is 5.82 Å². The molecule has 0 bridgehead atoms. The van der Waals surface area contributed by atoms with E-state index in [1.54, 1.807) is 48.5 Å². The molecule has 3 aromatic rings. The van der Waals surface area contributed by atoms with Crippen LogP contribution in [-0.4, -0.2) is 24.1 Å². The molecular weight excluding hydrogens is 375 g/mol. The van der Waals surface area contributed by atoms with Crippen molar-refractivity contribution in [1.82, 2.24) is 8.96 Å². The largest absolute Gasteiger partial charge is 0.368 e. The number of para-hydroxylation sites is 1. The van der Waals surface area contributed by atoms with Crippen molar-refractivity contribution in [3.8, 4) is 0 Å². The number of hydrogen-bond donors (Lipinski definition) is 4. The highest BCUT2D eigenvalue weighted by Gasteiger charge is 2.22. The molecule has 0 atom stereocenters. The summed E-state index contributed by atoms with van der Waals surface area (Å²) in [6.07, 6.45) is 0.593. The molecule has 2 aromatic carbocycles. The molecule has 10 heteroatoms. The topological polar surface area (TPSA) is 116 Å². The van der Waals surface area contributed by atoms with E-state index < -0.39 is 34.1 Å². The molecule has 0 saturated heterocycles. The summed E-state index contributed by atoms with van der Waals surface area (Å²) in [5, 5.41) is 4.56. The fraction of sp³-hybridized carbons (Fsp3) is 0. The second kappa shape index (κ2) is 7.58. The molecule has 0 unspecified atom stereocenters. The average molecular weight is 390 g/mol. The Hall–Kier alpha value is -3.21. The number of rotatable bonds is 4. The van der Waals surface area contributed by atoms with Gasteiger partial charge in [-0.15, -0.1) is 0 Å². The number of urea groups is 1. The Morgan fingerprint density at radius 3 is 2.22 bits per heavy atom. The summed E-state index contributed by atoms with van der Waals surface area (Å²) < 4.78 is 35.4. The van der Waals surface area contributed by atoms with Gasteiger partial charge in [-0.1, -0.05) is 47.2 Å². The maximum absolute atomic E-state index is 14.3. The van der Waals surface area contributed by atoms with Gasteiger partial charge in [-0.3, -0.25) is 14.4 Å². The average Bonchev–Trinajstić information content (AvgIpc) is 2.65. The molecule has 0 aliphatic heterocycles. The first-order valence-corrected chi connectivity index (χ1v) is 9.14. The molecular formula is C17H15FN4O4S. The first-order valence-electron chi connectivity index (χ1n) is 7.64. The van der Waals surface area contributed by atoms with Crippen molar-refractivity contribution >= 4 is 28.3 Å². The number of halogens is 1. The second-order valence-corrected chi connectivity index (χ2v) is 7.23. The van der Waals surface area contributed by atoms with Crippen LogP contribution in [0.5, 0.6) is 0 Å². The summed E-state index contributed by atoms with van der Waals surface area (Å²) >= 11 is 0.